The smallest absolute Gasteiger partial charge is 0.121 e. The SMILES string of the molecule is CCOc1cccc(N=C(Cc2ccccc2)N(C)C)c1. The number of amidine groups is 1. The highest BCUT2D eigenvalue weighted by molar-refractivity contribution is 5.86. The van der Waals surface area contributed by atoms with Crippen LogP contribution in [0.4, 0.5) is 5.69 Å². The van der Waals surface area contributed by atoms with Crippen molar-refractivity contribution in [2.75, 3.05) is 20.7 Å². The Balaban J connectivity index is 2.23. The summed E-state index contributed by atoms with van der Waals surface area (Å²) in [6.07, 6.45) is 0.812. The fourth-order valence-electron chi connectivity index (χ4n) is 2.03. The molecular formula is C18H22N2O. The minimum Gasteiger partial charge on any atom is -0.494 e. The van der Waals surface area contributed by atoms with Gasteiger partial charge in [-0.1, -0.05) is 36.4 Å². The number of benzene rings is 2. The van der Waals surface area contributed by atoms with Gasteiger partial charge in [-0.25, -0.2) is 4.99 Å². The first-order valence-electron chi connectivity index (χ1n) is 7.20. The van der Waals surface area contributed by atoms with Crippen LogP contribution in [0, 0.1) is 0 Å². The third kappa shape index (κ3) is 4.63. The summed E-state index contributed by atoms with van der Waals surface area (Å²) in [5, 5.41) is 0. The van der Waals surface area contributed by atoms with Crippen molar-refractivity contribution in [3.05, 3.63) is 60.2 Å². The fraction of sp³-hybridized carbons (Fsp3) is 0.278. The summed E-state index contributed by atoms with van der Waals surface area (Å²) in [6.45, 7) is 2.65. The Kier molecular flexibility index (Phi) is 5.38. The van der Waals surface area contributed by atoms with Gasteiger partial charge in [0.2, 0.25) is 0 Å². The van der Waals surface area contributed by atoms with Crippen LogP contribution in [-0.2, 0) is 6.42 Å². The van der Waals surface area contributed by atoms with Crippen LogP contribution in [0.2, 0.25) is 0 Å². The molecule has 3 heteroatoms. The lowest BCUT2D eigenvalue weighted by atomic mass is 10.1. The van der Waals surface area contributed by atoms with E-state index in [9.17, 15) is 0 Å². The molecule has 0 N–H and O–H groups in total. The Morgan fingerprint density at radius 1 is 1.05 bits per heavy atom. The molecule has 2 rings (SSSR count). The molecule has 0 aliphatic heterocycles. The molecule has 0 aliphatic carbocycles. The van der Waals surface area contributed by atoms with Crippen molar-refractivity contribution in [3.8, 4) is 5.75 Å². The number of likely N-dealkylation sites (N-methyl/N-ethyl adjacent to an activating group) is 1. The molecule has 0 aliphatic rings. The Hall–Kier alpha value is -2.29. The van der Waals surface area contributed by atoms with Crippen molar-refractivity contribution in [2.24, 2.45) is 4.99 Å². The van der Waals surface area contributed by atoms with E-state index in [1.54, 1.807) is 0 Å². The normalized spacial score (nSPS) is 11.3. The van der Waals surface area contributed by atoms with E-state index in [-0.39, 0.29) is 0 Å². The summed E-state index contributed by atoms with van der Waals surface area (Å²) in [7, 11) is 4.04. The average Bonchev–Trinajstić information content (AvgIpc) is 2.48. The minimum atomic E-state index is 0.664. The molecule has 0 aromatic heterocycles. The van der Waals surface area contributed by atoms with Crippen LogP contribution < -0.4 is 4.74 Å². The van der Waals surface area contributed by atoms with E-state index in [1.165, 1.54) is 5.56 Å². The lowest BCUT2D eigenvalue weighted by Crippen LogP contribution is -2.23. The number of aliphatic imine (C=N–C) groups is 1. The summed E-state index contributed by atoms with van der Waals surface area (Å²) in [4.78, 5) is 6.81. The van der Waals surface area contributed by atoms with Crippen molar-refractivity contribution in [3.63, 3.8) is 0 Å². The second-order valence-corrected chi connectivity index (χ2v) is 5.02. The van der Waals surface area contributed by atoms with Gasteiger partial charge in [-0.3, -0.25) is 0 Å². The van der Waals surface area contributed by atoms with E-state index in [0.717, 1.165) is 23.7 Å². The van der Waals surface area contributed by atoms with E-state index in [0.29, 0.717) is 6.61 Å². The van der Waals surface area contributed by atoms with Gasteiger partial charge in [0.15, 0.2) is 0 Å². The predicted octanol–water partition coefficient (Wildman–Crippen LogP) is 3.92. The maximum Gasteiger partial charge on any atom is 0.121 e. The minimum absolute atomic E-state index is 0.664. The first-order chi connectivity index (χ1) is 10.2. The van der Waals surface area contributed by atoms with Crippen molar-refractivity contribution in [1.82, 2.24) is 4.90 Å². The van der Waals surface area contributed by atoms with Gasteiger partial charge in [0, 0.05) is 26.6 Å². The lowest BCUT2D eigenvalue weighted by Gasteiger charge is -2.16. The maximum atomic E-state index is 5.52. The van der Waals surface area contributed by atoms with Gasteiger partial charge in [0.25, 0.3) is 0 Å². The molecule has 0 amide bonds. The standard InChI is InChI=1S/C18H22N2O/c1-4-21-17-12-8-11-16(14-17)19-18(20(2)3)13-15-9-6-5-7-10-15/h5-12,14H,4,13H2,1-3H3. The number of ether oxygens (including phenoxy) is 1. The molecule has 21 heavy (non-hydrogen) atoms. The van der Waals surface area contributed by atoms with Gasteiger partial charge in [0.05, 0.1) is 12.3 Å². The predicted molar refractivity (Wildman–Crippen MR) is 88.5 cm³/mol. The molecular weight excluding hydrogens is 260 g/mol. The maximum absolute atomic E-state index is 5.52. The molecule has 0 saturated heterocycles. The molecule has 0 spiro atoms. The van der Waals surface area contributed by atoms with Crippen molar-refractivity contribution < 1.29 is 4.74 Å². The molecule has 2 aromatic rings. The topological polar surface area (TPSA) is 24.8 Å². The van der Waals surface area contributed by atoms with E-state index >= 15 is 0 Å². The fourth-order valence-corrected chi connectivity index (χ4v) is 2.03. The van der Waals surface area contributed by atoms with Crippen LogP contribution in [0.5, 0.6) is 5.75 Å². The van der Waals surface area contributed by atoms with Crippen LogP contribution in [0.25, 0.3) is 0 Å². The largest absolute Gasteiger partial charge is 0.494 e. The quantitative estimate of drug-likeness (QED) is 0.613. The lowest BCUT2D eigenvalue weighted by molar-refractivity contribution is 0.340. The summed E-state index contributed by atoms with van der Waals surface area (Å²) in [6, 6.07) is 18.3. The van der Waals surface area contributed by atoms with Crippen LogP contribution in [0.3, 0.4) is 0 Å². The van der Waals surface area contributed by atoms with Crippen LogP contribution in [0.1, 0.15) is 12.5 Å². The summed E-state index contributed by atoms with van der Waals surface area (Å²) in [5.74, 6) is 1.88. The average molecular weight is 282 g/mol. The van der Waals surface area contributed by atoms with Crippen molar-refractivity contribution in [1.29, 1.82) is 0 Å². The third-order valence-corrected chi connectivity index (χ3v) is 3.11. The molecule has 0 saturated carbocycles. The Labute approximate surface area is 126 Å². The van der Waals surface area contributed by atoms with Gasteiger partial charge < -0.3 is 9.64 Å². The van der Waals surface area contributed by atoms with Gasteiger partial charge in [-0.05, 0) is 24.6 Å². The number of nitrogens with zero attached hydrogens (tertiary/aromatic N) is 2. The molecule has 0 unspecified atom stereocenters. The molecule has 0 radical (unpaired) electrons. The molecule has 2 aromatic carbocycles. The van der Waals surface area contributed by atoms with E-state index in [1.807, 2.05) is 51.4 Å². The highest BCUT2D eigenvalue weighted by Gasteiger charge is 2.05. The number of hydrogen-bond donors (Lipinski definition) is 0. The zero-order valence-corrected chi connectivity index (χ0v) is 12.9. The van der Waals surface area contributed by atoms with Crippen molar-refractivity contribution in [2.45, 2.75) is 13.3 Å². The third-order valence-electron chi connectivity index (χ3n) is 3.11. The van der Waals surface area contributed by atoms with E-state index < -0.39 is 0 Å². The number of rotatable bonds is 5. The zero-order chi connectivity index (χ0) is 15.1. The highest BCUT2D eigenvalue weighted by Crippen LogP contribution is 2.21. The zero-order valence-electron chi connectivity index (χ0n) is 12.9. The molecule has 0 atom stereocenters. The Morgan fingerprint density at radius 3 is 2.48 bits per heavy atom. The monoisotopic (exact) mass is 282 g/mol. The van der Waals surface area contributed by atoms with Gasteiger partial charge in [0.1, 0.15) is 11.6 Å². The second kappa shape index (κ2) is 7.48. The van der Waals surface area contributed by atoms with E-state index in [2.05, 4.69) is 29.2 Å². The first kappa shape index (κ1) is 15.1. The van der Waals surface area contributed by atoms with Crippen molar-refractivity contribution >= 4 is 11.5 Å². The Morgan fingerprint density at radius 2 is 1.81 bits per heavy atom. The summed E-state index contributed by atoms with van der Waals surface area (Å²) in [5.41, 5.74) is 2.17. The highest BCUT2D eigenvalue weighted by atomic mass is 16.5. The number of hydrogen-bond acceptors (Lipinski definition) is 2. The molecule has 3 nitrogen and oxygen atoms in total. The molecule has 0 heterocycles. The molecule has 0 bridgehead atoms. The van der Waals surface area contributed by atoms with Crippen LogP contribution in [-0.4, -0.2) is 31.4 Å². The van der Waals surface area contributed by atoms with Gasteiger partial charge in [-0.15, -0.1) is 0 Å². The van der Waals surface area contributed by atoms with Gasteiger partial charge >= 0.3 is 0 Å². The van der Waals surface area contributed by atoms with Crippen LogP contribution in [0.15, 0.2) is 59.6 Å². The summed E-state index contributed by atoms with van der Waals surface area (Å²) < 4.78 is 5.52. The van der Waals surface area contributed by atoms with Crippen LogP contribution >= 0.6 is 0 Å². The van der Waals surface area contributed by atoms with E-state index in [4.69, 9.17) is 9.73 Å². The molecule has 110 valence electrons. The second-order valence-electron chi connectivity index (χ2n) is 5.02. The van der Waals surface area contributed by atoms with Gasteiger partial charge in [-0.2, -0.15) is 0 Å². The summed E-state index contributed by atoms with van der Waals surface area (Å²) >= 11 is 0. The first-order valence-corrected chi connectivity index (χ1v) is 7.20. The molecule has 0 fully saturated rings. The Bertz CT molecular complexity index is 591.